The molecule has 2 aromatic rings. The molecule has 0 spiro atoms. The van der Waals surface area contributed by atoms with Gasteiger partial charge in [-0.3, -0.25) is 4.79 Å². The molecule has 0 unspecified atom stereocenters. The SMILES string of the molecule is C[C@@H](NC(=O)COC(=O)/C(C#N)=C/c1ccc(N(C)C)cc1)c1cccs1. The second kappa shape index (κ2) is 9.55. The van der Waals surface area contributed by atoms with Gasteiger partial charge in [-0.05, 0) is 42.1 Å². The summed E-state index contributed by atoms with van der Waals surface area (Å²) in [4.78, 5) is 27.0. The van der Waals surface area contributed by atoms with Crippen molar-refractivity contribution in [1.82, 2.24) is 5.32 Å². The fourth-order valence-corrected chi connectivity index (χ4v) is 3.01. The number of thiophene rings is 1. The van der Waals surface area contributed by atoms with E-state index >= 15 is 0 Å². The van der Waals surface area contributed by atoms with Gasteiger partial charge in [0.2, 0.25) is 0 Å². The van der Waals surface area contributed by atoms with Crippen LogP contribution in [0.3, 0.4) is 0 Å². The Labute approximate surface area is 162 Å². The second-order valence-electron chi connectivity index (χ2n) is 6.04. The van der Waals surface area contributed by atoms with E-state index in [-0.39, 0.29) is 11.6 Å². The number of esters is 1. The molecule has 140 valence electrons. The van der Waals surface area contributed by atoms with Gasteiger partial charge >= 0.3 is 5.97 Å². The highest BCUT2D eigenvalue weighted by Crippen LogP contribution is 2.18. The zero-order chi connectivity index (χ0) is 19.8. The highest BCUT2D eigenvalue weighted by molar-refractivity contribution is 7.10. The maximum Gasteiger partial charge on any atom is 0.349 e. The maximum absolute atomic E-state index is 12.1. The largest absolute Gasteiger partial charge is 0.451 e. The summed E-state index contributed by atoms with van der Waals surface area (Å²) >= 11 is 1.53. The van der Waals surface area contributed by atoms with Crippen molar-refractivity contribution < 1.29 is 14.3 Å². The van der Waals surface area contributed by atoms with Crippen LogP contribution in [0.5, 0.6) is 0 Å². The fourth-order valence-electron chi connectivity index (χ4n) is 2.27. The molecule has 0 aliphatic heterocycles. The van der Waals surface area contributed by atoms with Crippen LogP contribution >= 0.6 is 11.3 Å². The van der Waals surface area contributed by atoms with Crippen molar-refractivity contribution in [3.63, 3.8) is 0 Å². The normalized spacial score (nSPS) is 12.0. The van der Waals surface area contributed by atoms with Gasteiger partial charge in [-0.25, -0.2) is 4.79 Å². The Balaban J connectivity index is 1.92. The fraction of sp³-hybridized carbons (Fsp3) is 0.250. The Hall–Kier alpha value is -3.11. The Morgan fingerprint density at radius 1 is 1.30 bits per heavy atom. The lowest BCUT2D eigenvalue weighted by Gasteiger charge is -2.12. The lowest BCUT2D eigenvalue weighted by molar-refractivity contribution is -0.144. The van der Waals surface area contributed by atoms with Crippen LogP contribution in [0.15, 0.2) is 47.4 Å². The van der Waals surface area contributed by atoms with Gasteiger partial charge in [-0.1, -0.05) is 18.2 Å². The van der Waals surface area contributed by atoms with E-state index < -0.39 is 18.5 Å². The topological polar surface area (TPSA) is 82.4 Å². The molecule has 1 N–H and O–H groups in total. The van der Waals surface area contributed by atoms with E-state index in [9.17, 15) is 14.9 Å². The minimum atomic E-state index is -0.826. The van der Waals surface area contributed by atoms with Crippen LogP contribution in [-0.4, -0.2) is 32.6 Å². The summed E-state index contributed by atoms with van der Waals surface area (Å²) in [6, 6.07) is 12.8. The van der Waals surface area contributed by atoms with Gasteiger partial charge in [0.15, 0.2) is 6.61 Å². The summed E-state index contributed by atoms with van der Waals surface area (Å²) in [6.45, 7) is 1.41. The molecule has 27 heavy (non-hydrogen) atoms. The van der Waals surface area contributed by atoms with Crippen molar-refractivity contribution in [2.24, 2.45) is 0 Å². The minimum absolute atomic E-state index is 0.160. The third kappa shape index (κ3) is 5.97. The Morgan fingerprint density at radius 2 is 2.00 bits per heavy atom. The molecule has 2 rings (SSSR count). The molecule has 0 aliphatic rings. The molecule has 1 atom stereocenters. The number of nitrogens with zero attached hydrogens (tertiary/aromatic N) is 2. The summed E-state index contributed by atoms with van der Waals surface area (Å²) in [7, 11) is 3.85. The number of hydrogen-bond donors (Lipinski definition) is 1. The van der Waals surface area contributed by atoms with Crippen molar-refractivity contribution >= 4 is 35.0 Å². The first-order valence-corrected chi connectivity index (χ1v) is 9.17. The highest BCUT2D eigenvalue weighted by atomic mass is 32.1. The molecule has 0 radical (unpaired) electrons. The lowest BCUT2D eigenvalue weighted by atomic mass is 10.1. The summed E-state index contributed by atoms with van der Waals surface area (Å²) in [5.41, 5.74) is 1.54. The lowest BCUT2D eigenvalue weighted by Crippen LogP contribution is -2.30. The van der Waals surface area contributed by atoms with Crippen molar-refractivity contribution in [2.75, 3.05) is 25.6 Å². The summed E-state index contributed by atoms with van der Waals surface area (Å²) in [5, 5.41) is 13.9. The molecule has 0 bridgehead atoms. The van der Waals surface area contributed by atoms with Crippen LogP contribution in [0.1, 0.15) is 23.4 Å². The summed E-state index contributed by atoms with van der Waals surface area (Å²) < 4.78 is 4.96. The monoisotopic (exact) mass is 383 g/mol. The first-order valence-electron chi connectivity index (χ1n) is 8.29. The van der Waals surface area contributed by atoms with E-state index in [0.29, 0.717) is 5.56 Å². The third-order valence-corrected chi connectivity index (χ3v) is 4.80. The first-order chi connectivity index (χ1) is 12.9. The number of anilines is 1. The minimum Gasteiger partial charge on any atom is -0.451 e. The number of carbonyl (C=O) groups excluding carboxylic acids is 2. The number of benzene rings is 1. The first kappa shape index (κ1) is 20.2. The molecule has 6 nitrogen and oxygen atoms in total. The number of nitriles is 1. The average molecular weight is 383 g/mol. The highest BCUT2D eigenvalue weighted by Gasteiger charge is 2.15. The smallest absolute Gasteiger partial charge is 0.349 e. The van der Waals surface area contributed by atoms with E-state index in [4.69, 9.17) is 4.74 Å². The predicted molar refractivity (Wildman–Crippen MR) is 106 cm³/mol. The number of carbonyl (C=O) groups is 2. The molecular weight excluding hydrogens is 362 g/mol. The molecule has 0 saturated heterocycles. The van der Waals surface area contributed by atoms with Gasteiger partial charge < -0.3 is 15.0 Å². The van der Waals surface area contributed by atoms with Crippen LogP contribution in [-0.2, 0) is 14.3 Å². The van der Waals surface area contributed by atoms with Crippen molar-refractivity contribution in [3.05, 3.63) is 57.8 Å². The van der Waals surface area contributed by atoms with Gasteiger partial charge in [0.1, 0.15) is 11.6 Å². The molecule has 1 amide bonds. The molecule has 0 aliphatic carbocycles. The molecule has 1 aromatic heterocycles. The number of amides is 1. The Morgan fingerprint density at radius 3 is 2.56 bits per heavy atom. The summed E-state index contributed by atoms with van der Waals surface area (Å²) in [5.74, 6) is -1.25. The average Bonchev–Trinajstić information content (AvgIpc) is 3.19. The summed E-state index contributed by atoms with van der Waals surface area (Å²) in [6.07, 6.45) is 1.44. The molecule has 1 heterocycles. The van der Waals surface area contributed by atoms with Crippen LogP contribution < -0.4 is 10.2 Å². The van der Waals surface area contributed by atoms with Crippen molar-refractivity contribution in [3.8, 4) is 6.07 Å². The van der Waals surface area contributed by atoms with Gasteiger partial charge in [0.05, 0.1) is 6.04 Å². The Kier molecular flexibility index (Phi) is 7.15. The maximum atomic E-state index is 12.1. The van der Waals surface area contributed by atoms with Gasteiger partial charge in [0.25, 0.3) is 5.91 Å². The quantitative estimate of drug-likeness (QED) is 0.451. The number of nitrogens with one attached hydrogen (secondary N) is 1. The zero-order valence-electron chi connectivity index (χ0n) is 15.4. The van der Waals surface area contributed by atoms with Crippen LogP contribution in [0.25, 0.3) is 6.08 Å². The molecule has 7 heteroatoms. The number of hydrogen-bond acceptors (Lipinski definition) is 6. The molecule has 0 fully saturated rings. The molecule has 0 saturated carbocycles. The van der Waals surface area contributed by atoms with Gasteiger partial charge in [-0.15, -0.1) is 11.3 Å². The third-order valence-electron chi connectivity index (χ3n) is 3.74. The van der Waals surface area contributed by atoms with E-state index in [2.05, 4.69) is 5.32 Å². The van der Waals surface area contributed by atoms with E-state index in [0.717, 1.165) is 10.6 Å². The Bertz CT molecular complexity index is 850. The molecular formula is C20H21N3O3S. The number of rotatable bonds is 7. The van der Waals surface area contributed by atoms with Crippen LogP contribution in [0, 0.1) is 11.3 Å². The predicted octanol–water partition coefficient (Wildman–Crippen LogP) is 3.14. The molecule has 1 aromatic carbocycles. The van der Waals surface area contributed by atoms with Crippen LogP contribution in [0.4, 0.5) is 5.69 Å². The van der Waals surface area contributed by atoms with E-state index in [1.54, 1.807) is 12.1 Å². The second-order valence-corrected chi connectivity index (χ2v) is 7.02. The standard InChI is InChI=1S/C20H21N3O3S/c1-14(18-5-4-10-27-18)22-19(24)13-26-20(25)16(12-21)11-15-6-8-17(9-7-15)23(2)3/h4-11,14H,13H2,1-3H3,(H,22,24)/b16-11+/t14-/m1/s1. The van der Waals surface area contributed by atoms with Gasteiger partial charge in [-0.2, -0.15) is 5.26 Å². The number of ether oxygens (including phenoxy) is 1. The van der Waals surface area contributed by atoms with Crippen molar-refractivity contribution in [2.45, 2.75) is 13.0 Å². The van der Waals surface area contributed by atoms with E-state index in [1.165, 1.54) is 17.4 Å². The zero-order valence-corrected chi connectivity index (χ0v) is 16.2. The van der Waals surface area contributed by atoms with Gasteiger partial charge in [0, 0.05) is 24.7 Å². The van der Waals surface area contributed by atoms with E-state index in [1.807, 2.05) is 61.6 Å². The van der Waals surface area contributed by atoms with Crippen molar-refractivity contribution in [1.29, 1.82) is 5.26 Å². The van der Waals surface area contributed by atoms with Crippen LogP contribution in [0.2, 0.25) is 0 Å².